The summed E-state index contributed by atoms with van der Waals surface area (Å²) in [5, 5.41) is 7.35. The molecule has 0 aromatic carbocycles. The number of nitrogens with two attached hydrogens (primary N) is 1. The topological polar surface area (TPSA) is 72.9 Å². The van der Waals surface area contributed by atoms with E-state index in [2.05, 4.69) is 10.4 Å². The number of primary amides is 1. The first-order valence-corrected chi connectivity index (χ1v) is 5.49. The molecule has 0 aliphatic carbocycles. The zero-order valence-corrected chi connectivity index (χ0v) is 10.3. The Morgan fingerprint density at radius 3 is 2.50 bits per heavy atom. The second-order valence-corrected chi connectivity index (χ2v) is 4.36. The number of aryl methyl sites for hydroxylation is 1. The molecule has 0 radical (unpaired) electrons. The van der Waals surface area contributed by atoms with E-state index in [1.165, 1.54) is 0 Å². The van der Waals surface area contributed by atoms with Crippen LogP contribution < -0.4 is 11.1 Å². The third-order valence-electron chi connectivity index (χ3n) is 2.56. The van der Waals surface area contributed by atoms with Gasteiger partial charge in [-0.05, 0) is 19.9 Å². The van der Waals surface area contributed by atoms with E-state index in [1.807, 2.05) is 38.4 Å². The maximum Gasteiger partial charge on any atom is 0.236 e. The molecule has 0 spiro atoms. The summed E-state index contributed by atoms with van der Waals surface area (Å²) in [6, 6.07) is 1.62. The maximum atomic E-state index is 11.4. The Morgan fingerprint density at radius 1 is 1.50 bits per heavy atom. The Balaban J connectivity index is 2.87. The quantitative estimate of drug-likeness (QED) is 0.769. The number of aromatic nitrogens is 2. The van der Waals surface area contributed by atoms with Crippen LogP contribution in [0.2, 0.25) is 0 Å². The predicted octanol–water partition coefficient (Wildman–Crippen LogP) is 0.604. The Kier molecular flexibility index (Phi) is 4.06. The second-order valence-electron chi connectivity index (χ2n) is 4.36. The van der Waals surface area contributed by atoms with Gasteiger partial charge in [-0.3, -0.25) is 9.48 Å². The summed E-state index contributed by atoms with van der Waals surface area (Å²) in [6.45, 7) is 7.86. The molecule has 5 nitrogen and oxygen atoms in total. The smallest absolute Gasteiger partial charge is 0.236 e. The minimum Gasteiger partial charge on any atom is -0.368 e. The lowest BCUT2D eigenvalue weighted by Gasteiger charge is -2.25. The highest BCUT2D eigenvalue weighted by Crippen LogP contribution is 2.13. The lowest BCUT2D eigenvalue weighted by atomic mass is 10.1. The molecule has 16 heavy (non-hydrogen) atoms. The van der Waals surface area contributed by atoms with Crippen LogP contribution in [0, 0.1) is 6.92 Å². The summed E-state index contributed by atoms with van der Waals surface area (Å²) in [7, 11) is 0. The van der Waals surface area contributed by atoms with Crippen LogP contribution in [-0.2, 0) is 4.79 Å². The van der Waals surface area contributed by atoms with Gasteiger partial charge in [0.25, 0.3) is 0 Å². The third-order valence-corrected chi connectivity index (χ3v) is 2.56. The maximum absolute atomic E-state index is 11.4. The highest BCUT2D eigenvalue weighted by molar-refractivity contribution is 5.80. The van der Waals surface area contributed by atoms with Gasteiger partial charge in [-0.2, -0.15) is 5.10 Å². The molecule has 0 aliphatic rings. The molecular formula is C11H20N4O. The zero-order chi connectivity index (χ0) is 12.3. The first-order chi connectivity index (χ1) is 7.43. The monoisotopic (exact) mass is 224 g/mol. The molecule has 2 unspecified atom stereocenters. The van der Waals surface area contributed by atoms with Gasteiger partial charge < -0.3 is 11.1 Å². The van der Waals surface area contributed by atoms with Crippen molar-refractivity contribution in [1.29, 1.82) is 0 Å². The van der Waals surface area contributed by atoms with Gasteiger partial charge >= 0.3 is 0 Å². The number of hydrogen-bond acceptors (Lipinski definition) is 3. The van der Waals surface area contributed by atoms with E-state index in [4.69, 9.17) is 5.73 Å². The summed E-state index contributed by atoms with van der Waals surface area (Å²) >= 11 is 0. The van der Waals surface area contributed by atoms with Crippen molar-refractivity contribution in [2.75, 3.05) is 0 Å². The number of amides is 1. The van der Waals surface area contributed by atoms with Gasteiger partial charge in [0.05, 0.1) is 6.04 Å². The SMILES string of the molecule is Cc1ccnn1C(C)C(NC(C)C)C(N)=O. The first kappa shape index (κ1) is 12.7. The van der Waals surface area contributed by atoms with Gasteiger partial charge in [-0.15, -0.1) is 0 Å². The Bertz CT molecular complexity index is 359. The molecule has 1 amide bonds. The fraction of sp³-hybridized carbons (Fsp3) is 0.636. The van der Waals surface area contributed by atoms with Crippen LogP contribution in [0.1, 0.15) is 32.5 Å². The van der Waals surface area contributed by atoms with Crippen molar-refractivity contribution in [3.05, 3.63) is 18.0 Å². The van der Waals surface area contributed by atoms with Crippen LogP contribution in [-0.4, -0.2) is 27.8 Å². The molecule has 1 rings (SSSR count). The minimum absolute atomic E-state index is 0.0881. The van der Waals surface area contributed by atoms with E-state index in [0.29, 0.717) is 0 Å². The van der Waals surface area contributed by atoms with Crippen molar-refractivity contribution >= 4 is 5.91 Å². The molecule has 1 aromatic rings. The molecular weight excluding hydrogens is 204 g/mol. The lowest BCUT2D eigenvalue weighted by Crippen LogP contribution is -2.49. The molecule has 5 heteroatoms. The van der Waals surface area contributed by atoms with Crippen LogP contribution in [0.5, 0.6) is 0 Å². The number of rotatable bonds is 5. The molecule has 0 bridgehead atoms. The van der Waals surface area contributed by atoms with E-state index in [-0.39, 0.29) is 18.0 Å². The van der Waals surface area contributed by atoms with Gasteiger partial charge in [0.2, 0.25) is 5.91 Å². The molecule has 0 saturated heterocycles. The minimum atomic E-state index is -0.404. The largest absolute Gasteiger partial charge is 0.368 e. The normalized spacial score (nSPS) is 15.1. The zero-order valence-electron chi connectivity index (χ0n) is 10.3. The van der Waals surface area contributed by atoms with Crippen molar-refractivity contribution in [2.45, 2.75) is 45.8 Å². The number of hydrogen-bond donors (Lipinski definition) is 2. The van der Waals surface area contributed by atoms with Crippen molar-refractivity contribution in [2.24, 2.45) is 5.73 Å². The molecule has 0 aliphatic heterocycles. The van der Waals surface area contributed by atoms with Gasteiger partial charge in [0.1, 0.15) is 6.04 Å². The fourth-order valence-corrected chi connectivity index (χ4v) is 1.77. The number of carbonyl (C=O) groups is 1. The second kappa shape index (κ2) is 5.12. The van der Waals surface area contributed by atoms with Gasteiger partial charge in [-0.1, -0.05) is 13.8 Å². The summed E-state index contributed by atoms with van der Waals surface area (Å²) in [4.78, 5) is 11.4. The van der Waals surface area contributed by atoms with Gasteiger partial charge in [-0.25, -0.2) is 0 Å². The Morgan fingerprint density at radius 2 is 2.12 bits per heavy atom. The summed E-state index contributed by atoms with van der Waals surface area (Å²) in [5.41, 5.74) is 6.42. The average Bonchev–Trinajstić information content (AvgIpc) is 2.59. The molecule has 1 heterocycles. The molecule has 3 N–H and O–H groups in total. The first-order valence-electron chi connectivity index (χ1n) is 5.49. The summed E-state index contributed by atoms with van der Waals surface area (Å²) in [5.74, 6) is -0.351. The number of carbonyl (C=O) groups excluding carboxylic acids is 1. The highest BCUT2D eigenvalue weighted by atomic mass is 16.1. The van der Waals surface area contributed by atoms with Gasteiger partial charge in [0.15, 0.2) is 0 Å². The summed E-state index contributed by atoms with van der Waals surface area (Å²) in [6.07, 6.45) is 1.72. The van der Waals surface area contributed by atoms with E-state index in [1.54, 1.807) is 6.20 Å². The van der Waals surface area contributed by atoms with E-state index in [9.17, 15) is 4.79 Å². The van der Waals surface area contributed by atoms with Crippen LogP contribution in [0.4, 0.5) is 0 Å². The average molecular weight is 224 g/mol. The Hall–Kier alpha value is -1.36. The number of nitrogens with one attached hydrogen (secondary N) is 1. The molecule has 90 valence electrons. The summed E-state index contributed by atoms with van der Waals surface area (Å²) < 4.78 is 1.81. The lowest BCUT2D eigenvalue weighted by molar-refractivity contribution is -0.121. The predicted molar refractivity (Wildman–Crippen MR) is 62.9 cm³/mol. The molecule has 2 atom stereocenters. The van der Waals surface area contributed by atoms with Crippen LogP contribution in [0.25, 0.3) is 0 Å². The van der Waals surface area contributed by atoms with E-state index >= 15 is 0 Å². The standard InChI is InChI=1S/C11H20N4O/c1-7(2)14-10(11(12)16)9(4)15-8(3)5-6-13-15/h5-7,9-10,14H,1-4H3,(H2,12,16). The van der Waals surface area contributed by atoms with Gasteiger partial charge in [0, 0.05) is 17.9 Å². The van der Waals surface area contributed by atoms with Crippen LogP contribution in [0.15, 0.2) is 12.3 Å². The van der Waals surface area contributed by atoms with Crippen molar-refractivity contribution < 1.29 is 4.79 Å². The van der Waals surface area contributed by atoms with Crippen molar-refractivity contribution in [3.63, 3.8) is 0 Å². The van der Waals surface area contributed by atoms with Crippen molar-refractivity contribution in [3.8, 4) is 0 Å². The van der Waals surface area contributed by atoms with E-state index in [0.717, 1.165) is 5.69 Å². The fourth-order valence-electron chi connectivity index (χ4n) is 1.77. The molecule has 0 fully saturated rings. The van der Waals surface area contributed by atoms with Crippen LogP contribution >= 0.6 is 0 Å². The molecule has 0 saturated carbocycles. The Labute approximate surface area is 96.0 Å². The third kappa shape index (κ3) is 2.82. The van der Waals surface area contributed by atoms with E-state index < -0.39 is 6.04 Å². The van der Waals surface area contributed by atoms with Crippen molar-refractivity contribution in [1.82, 2.24) is 15.1 Å². The molecule has 1 aromatic heterocycles. The number of nitrogens with zero attached hydrogens (tertiary/aromatic N) is 2. The van der Waals surface area contributed by atoms with Crippen LogP contribution in [0.3, 0.4) is 0 Å². The highest BCUT2D eigenvalue weighted by Gasteiger charge is 2.25.